The van der Waals surface area contributed by atoms with Crippen molar-refractivity contribution in [3.05, 3.63) is 100 Å². The Morgan fingerprint density at radius 2 is 1.76 bits per heavy atom. The smallest absolute Gasteiger partial charge is 0.271 e. The Bertz CT molecular complexity index is 1330. The first kappa shape index (κ1) is 22.7. The number of nitro groups is 1. The Balaban J connectivity index is 1.36. The number of aryl methyl sites for hydroxylation is 1. The summed E-state index contributed by atoms with van der Waals surface area (Å²) in [6, 6.07) is 21.2. The van der Waals surface area contributed by atoms with Gasteiger partial charge in [-0.25, -0.2) is 0 Å². The number of hydrogen-bond donors (Lipinski definition) is 2. The van der Waals surface area contributed by atoms with Crippen molar-refractivity contribution >= 4 is 34.1 Å². The van der Waals surface area contributed by atoms with Crippen LogP contribution in [0, 0.1) is 10.1 Å². The molecule has 2 amide bonds. The van der Waals surface area contributed by atoms with Crippen molar-refractivity contribution in [2.75, 3.05) is 11.9 Å². The third kappa shape index (κ3) is 5.44. The average Bonchev–Trinajstić information content (AvgIpc) is 3.26. The number of carbonyl (C=O) groups is 2. The van der Waals surface area contributed by atoms with Crippen molar-refractivity contribution in [2.45, 2.75) is 19.4 Å². The molecule has 0 unspecified atom stereocenters. The van der Waals surface area contributed by atoms with Gasteiger partial charge in [0.1, 0.15) is 0 Å². The molecule has 0 radical (unpaired) electrons. The van der Waals surface area contributed by atoms with E-state index >= 15 is 0 Å². The van der Waals surface area contributed by atoms with Crippen LogP contribution < -0.4 is 10.6 Å². The van der Waals surface area contributed by atoms with Gasteiger partial charge in [-0.05, 0) is 30.2 Å². The normalized spacial score (nSPS) is 10.7. The molecule has 3 aromatic carbocycles. The van der Waals surface area contributed by atoms with Crippen LogP contribution in [0.25, 0.3) is 10.9 Å². The molecule has 1 aromatic heterocycles. The Morgan fingerprint density at radius 1 is 1.00 bits per heavy atom. The second-order valence-electron chi connectivity index (χ2n) is 7.70. The summed E-state index contributed by atoms with van der Waals surface area (Å²) in [6.45, 7) is 0.714. The monoisotopic (exact) mass is 457 g/mol. The van der Waals surface area contributed by atoms with Crippen molar-refractivity contribution in [1.82, 2.24) is 15.1 Å². The summed E-state index contributed by atoms with van der Waals surface area (Å²) in [5, 5.41) is 21.7. The zero-order chi connectivity index (χ0) is 23.9. The van der Waals surface area contributed by atoms with Crippen LogP contribution in [-0.2, 0) is 17.8 Å². The number of hydrogen-bond acceptors (Lipinski definition) is 5. The van der Waals surface area contributed by atoms with Crippen LogP contribution in [0.2, 0.25) is 0 Å². The Labute approximate surface area is 195 Å². The molecule has 2 N–H and O–H groups in total. The molecule has 0 aliphatic rings. The van der Waals surface area contributed by atoms with E-state index < -0.39 is 4.92 Å². The molecule has 0 saturated heterocycles. The fourth-order valence-corrected chi connectivity index (χ4v) is 3.62. The van der Waals surface area contributed by atoms with Crippen molar-refractivity contribution in [3.8, 4) is 0 Å². The van der Waals surface area contributed by atoms with E-state index in [0.717, 1.165) is 10.9 Å². The maximum atomic E-state index is 12.7. The highest BCUT2D eigenvalue weighted by Crippen LogP contribution is 2.21. The van der Waals surface area contributed by atoms with Crippen LogP contribution in [0.5, 0.6) is 0 Å². The topological polar surface area (TPSA) is 119 Å². The minimum atomic E-state index is -0.467. The summed E-state index contributed by atoms with van der Waals surface area (Å²) in [5.41, 5.74) is 2.47. The Morgan fingerprint density at radius 3 is 2.56 bits per heavy atom. The van der Waals surface area contributed by atoms with E-state index in [9.17, 15) is 19.7 Å². The van der Waals surface area contributed by atoms with Gasteiger partial charge in [-0.3, -0.25) is 24.4 Å². The minimum absolute atomic E-state index is 0.0362. The SMILES string of the molecule is O=C(CCn1ncc2ccc([N+](=O)[O-])cc21)Nc1ccccc1C(=O)NCCc1ccccc1. The predicted octanol–water partition coefficient (Wildman–Crippen LogP) is 3.95. The fraction of sp³-hybridized carbons (Fsp3) is 0.160. The fourth-order valence-electron chi connectivity index (χ4n) is 3.62. The van der Waals surface area contributed by atoms with Gasteiger partial charge in [0, 0.05) is 30.5 Å². The molecule has 9 heteroatoms. The minimum Gasteiger partial charge on any atom is -0.352 e. The quantitative estimate of drug-likeness (QED) is 0.291. The number of nitrogens with zero attached hydrogens (tertiary/aromatic N) is 3. The average molecular weight is 457 g/mol. The van der Waals surface area contributed by atoms with Crippen LogP contribution in [-0.4, -0.2) is 33.1 Å². The lowest BCUT2D eigenvalue weighted by molar-refractivity contribution is -0.384. The summed E-state index contributed by atoms with van der Waals surface area (Å²) < 4.78 is 1.56. The van der Waals surface area contributed by atoms with E-state index in [4.69, 9.17) is 0 Å². The van der Waals surface area contributed by atoms with Gasteiger partial charge in [0.05, 0.1) is 34.4 Å². The molecule has 0 spiro atoms. The van der Waals surface area contributed by atoms with Crippen molar-refractivity contribution in [2.24, 2.45) is 0 Å². The first-order valence-corrected chi connectivity index (χ1v) is 10.8. The second kappa shape index (κ2) is 10.4. The largest absolute Gasteiger partial charge is 0.352 e. The third-order valence-electron chi connectivity index (χ3n) is 5.38. The molecule has 172 valence electrons. The maximum Gasteiger partial charge on any atom is 0.271 e. The number of nitro benzene ring substituents is 1. The summed E-state index contributed by atoms with van der Waals surface area (Å²) >= 11 is 0. The van der Waals surface area contributed by atoms with E-state index in [0.29, 0.717) is 29.7 Å². The van der Waals surface area contributed by atoms with Gasteiger partial charge in [0.2, 0.25) is 5.91 Å². The number of anilines is 1. The lowest BCUT2D eigenvalue weighted by atomic mass is 10.1. The van der Waals surface area contributed by atoms with Gasteiger partial charge < -0.3 is 10.6 Å². The molecule has 0 fully saturated rings. The first-order valence-electron chi connectivity index (χ1n) is 10.8. The predicted molar refractivity (Wildman–Crippen MR) is 129 cm³/mol. The summed E-state index contributed by atoms with van der Waals surface area (Å²) in [6.07, 6.45) is 2.40. The molecule has 4 aromatic rings. The molecule has 1 heterocycles. The standard InChI is InChI=1S/C25H23N5O4/c31-24(13-15-29-23-16-20(30(33)34)11-10-19(23)17-27-29)28-22-9-5-4-8-21(22)25(32)26-14-12-18-6-2-1-3-7-18/h1-11,16-17H,12-15H2,(H,26,32)(H,28,31). The molecule has 9 nitrogen and oxygen atoms in total. The molecule has 0 aliphatic carbocycles. The maximum absolute atomic E-state index is 12.7. The van der Waals surface area contributed by atoms with Crippen molar-refractivity contribution in [3.63, 3.8) is 0 Å². The number of aromatic nitrogens is 2. The van der Waals surface area contributed by atoms with E-state index in [1.54, 1.807) is 41.2 Å². The Kier molecular flexibility index (Phi) is 6.92. The van der Waals surface area contributed by atoms with Crippen LogP contribution >= 0.6 is 0 Å². The van der Waals surface area contributed by atoms with Gasteiger partial charge in [-0.2, -0.15) is 5.10 Å². The van der Waals surface area contributed by atoms with Crippen LogP contribution in [0.15, 0.2) is 79.0 Å². The van der Waals surface area contributed by atoms with Gasteiger partial charge in [-0.1, -0.05) is 42.5 Å². The lowest BCUT2D eigenvalue weighted by Crippen LogP contribution is -2.27. The molecule has 0 atom stereocenters. The van der Waals surface area contributed by atoms with Crippen LogP contribution in [0.3, 0.4) is 0 Å². The number of fused-ring (bicyclic) bond motifs is 1. The van der Waals surface area contributed by atoms with E-state index in [1.165, 1.54) is 12.1 Å². The number of para-hydroxylation sites is 1. The number of non-ortho nitro benzene ring substituents is 1. The van der Waals surface area contributed by atoms with E-state index in [1.807, 2.05) is 30.3 Å². The summed E-state index contributed by atoms with van der Waals surface area (Å²) in [4.78, 5) is 35.9. The lowest BCUT2D eigenvalue weighted by Gasteiger charge is -2.12. The number of carbonyl (C=O) groups excluding carboxylic acids is 2. The van der Waals surface area contributed by atoms with E-state index in [-0.39, 0.29) is 30.5 Å². The first-order chi connectivity index (χ1) is 16.5. The van der Waals surface area contributed by atoms with Gasteiger partial charge in [-0.15, -0.1) is 0 Å². The zero-order valence-electron chi connectivity index (χ0n) is 18.3. The zero-order valence-corrected chi connectivity index (χ0v) is 18.3. The summed E-state index contributed by atoms with van der Waals surface area (Å²) in [5.74, 6) is -0.559. The number of rotatable bonds is 9. The highest BCUT2D eigenvalue weighted by Gasteiger charge is 2.14. The van der Waals surface area contributed by atoms with Gasteiger partial charge >= 0.3 is 0 Å². The molecular weight excluding hydrogens is 434 g/mol. The molecular formula is C25H23N5O4. The van der Waals surface area contributed by atoms with E-state index in [2.05, 4.69) is 15.7 Å². The number of benzene rings is 3. The van der Waals surface area contributed by atoms with Gasteiger partial charge in [0.15, 0.2) is 0 Å². The van der Waals surface area contributed by atoms with Gasteiger partial charge in [0.25, 0.3) is 11.6 Å². The van der Waals surface area contributed by atoms with Crippen molar-refractivity contribution < 1.29 is 14.5 Å². The number of nitrogens with one attached hydrogen (secondary N) is 2. The molecule has 0 bridgehead atoms. The molecule has 0 aliphatic heterocycles. The number of amides is 2. The van der Waals surface area contributed by atoms with Crippen LogP contribution in [0.4, 0.5) is 11.4 Å². The second-order valence-corrected chi connectivity index (χ2v) is 7.70. The Hall–Kier alpha value is -4.53. The highest BCUT2D eigenvalue weighted by atomic mass is 16.6. The molecule has 4 rings (SSSR count). The van der Waals surface area contributed by atoms with Crippen LogP contribution in [0.1, 0.15) is 22.3 Å². The summed E-state index contributed by atoms with van der Waals surface area (Å²) in [7, 11) is 0. The molecule has 34 heavy (non-hydrogen) atoms. The molecule has 0 saturated carbocycles. The highest BCUT2D eigenvalue weighted by molar-refractivity contribution is 6.03. The third-order valence-corrected chi connectivity index (χ3v) is 5.38. The van der Waals surface area contributed by atoms with Crippen molar-refractivity contribution in [1.29, 1.82) is 0 Å².